The van der Waals surface area contributed by atoms with E-state index in [9.17, 15) is 4.79 Å². The van der Waals surface area contributed by atoms with E-state index in [1.165, 1.54) is 5.56 Å². The Bertz CT molecular complexity index is 987. The predicted octanol–water partition coefficient (Wildman–Crippen LogP) is 4.41. The average Bonchev–Trinajstić information content (AvgIpc) is 2.74. The predicted molar refractivity (Wildman–Crippen MR) is 109 cm³/mol. The third-order valence-electron chi connectivity index (χ3n) is 4.46. The molecule has 28 heavy (non-hydrogen) atoms. The molecule has 1 aliphatic rings. The number of anilines is 3. The van der Waals surface area contributed by atoms with E-state index in [2.05, 4.69) is 22.5 Å². The zero-order chi connectivity index (χ0) is 19.3. The van der Waals surface area contributed by atoms with Gasteiger partial charge in [-0.15, -0.1) is 0 Å². The number of nitrogens with zero attached hydrogens (tertiary/aromatic N) is 1. The van der Waals surface area contributed by atoms with Crippen LogP contribution in [0.1, 0.15) is 22.8 Å². The summed E-state index contributed by atoms with van der Waals surface area (Å²) in [5.41, 5.74) is 3.33. The Morgan fingerprint density at radius 2 is 1.71 bits per heavy atom. The van der Waals surface area contributed by atoms with Crippen molar-refractivity contribution < 1.29 is 14.3 Å². The van der Waals surface area contributed by atoms with Gasteiger partial charge in [0.15, 0.2) is 11.5 Å². The molecule has 2 N–H and O–H groups in total. The topological polar surface area (TPSA) is 72.5 Å². The Morgan fingerprint density at radius 1 is 0.964 bits per heavy atom. The lowest BCUT2D eigenvalue weighted by molar-refractivity contribution is 0.102. The van der Waals surface area contributed by atoms with Crippen LogP contribution in [-0.2, 0) is 6.42 Å². The summed E-state index contributed by atoms with van der Waals surface area (Å²) in [7, 11) is 0. The van der Waals surface area contributed by atoms with Crippen LogP contribution in [-0.4, -0.2) is 24.1 Å². The van der Waals surface area contributed by atoms with Crippen LogP contribution in [0.15, 0.2) is 60.8 Å². The highest BCUT2D eigenvalue weighted by molar-refractivity contribution is 6.04. The molecular formula is C22H21N3O3. The van der Waals surface area contributed by atoms with Gasteiger partial charge >= 0.3 is 0 Å². The second kappa shape index (κ2) is 8.00. The lowest BCUT2D eigenvalue weighted by Crippen LogP contribution is -2.15. The van der Waals surface area contributed by atoms with Crippen molar-refractivity contribution in [3.63, 3.8) is 0 Å². The van der Waals surface area contributed by atoms with Crippen molar-refractivity contribution in [2.75, 3.05) is 23.8 Å². The quantitative estimate of drug-likeness (QED) is 0.691. The van der Waals surface area contributed by atoms with Crippen molar-refractivity contribution in [3.05, 3.63) is 71.9 Å². The van der Waals surface area contributed by atoms with Crippen LogP contribution >= 0.6 is 0 Å². The number of hydrogen-bond donors (Lipinski definition) is 2. The highest BCUT2D eigenvalue weighted by atomic mass is 16.6. The van der Waals surface area contributed by atoms with Gasteiger partial charge < -0.3 is 20.1 Å². The highest BCUT2D eigenvalue weighted by Crippen LogP contribution is 2.33. The molecule has 1 aromatic heterocycles. The molecule has 0 spiro atoms. The molecule has 0 unspecified atom stereocenters. The fraction of sp³-hybridized carbons (Fsp3) is 0.182. The molecule has 1 amide bonds. The van der Waals surface area contributed by atoms with Gasteiger partial charge in [-0.25, -0.2) is 4.98 Å². The van der Waals surface area contributed by atoms with Crippen molar-refractivity contribution >= 4 is 23.1 Å². The lowest BCUT2D eigenvalue weighted by Gasteiger charge is -2.19. The molecule has 3 aromatic rings. The molecular weight excluding hydrogens is 354 g/mol. The average molecular weight is 375 g/mol. The van der Waals surface area contributed by atoms with Crippen molar-refractivity contribution in [3.8, 4) is 11.5 Å². The molecule has 2 aromatic carbocycles. The normalized spacial score (nSPS) is 12.3. The molecule has 6 heteroatoms. The maximum absolute atomic E-state index is 12.6. The zero-order valence-electron chi connectivity index (χ0n) is 15.6. The van der Waals surface area contributed by atoms with Gasteiger partial charge in [0.05, 0.1) is 0 Å². The smallest absolute Gasteiger partial charge is 0.255 e. The van der Waals surface area contributed by atoms with E-state index in [-0.39, 0.29) is 5.91 Å². The number of hydrogen-bond acceptors (Lipinski definition) is 5. The molecule has 142 valence electrons. The van der Waals surface area contributed by atoms with Gasteiger partial charge in [0, 0.05) is 29.2 Å². The van der Waals surface area contributed by atoms with Crippen LogP contribution in [0.25, 0.3) is 0 Å². The number of ether oxygens (including phenoxy) is 2. The molecule has 1 aliphatic heterocycles. The number of carbonyl (C=O) groups excluding carboxylic acids is 1. The first-order chi connectivity index (χ1) is 13.7. The fourth-order valence-corrected chi connectivity index (χ4v) is 2.94. The Morgan fingerprint density at radius 3 is 2.50 bits per heavy atom. The molecule has 0 fully saturated rings. The molecule has 0 bridgehead atoms. The van der Waals surface area contributed by atoms with E-state index >= 15 is 0 Å². The summed E-state index contributed by atoms with van der Waals surface area (Å²) in [6, 6.07) is 16.8. The maximum atomic E-state index is 12.6. The molecule has 4 rings (SSSR count). The van der Waals surface area contributed by atoms with E-state index < -0.39 is 0 Å². The van der Waals surface area contributed by atoms with Crippen molar-refractivity contribution in [1.29, 1.82) is 0 Å². The number of benzene rings is 2. The zero-order valence-corrected chi connectivity index (χ0v) is 15.6. The summed E-state index contributed by atoms with van der Waals surface area (Å²) in [5, 5.41) is 6.11. The molecule has 6 nitrogen and oxygen atoms in total. The summed E-state index contributed by atoms with van der Waals surface area (Å²) in [5.74, 6) is 1.81. The fourth-order valence-electron chi connectivity index (χ4n) is 2.94. The first kappa shape index (κ1) is 17.9. The minimum Gasteiger partial charge on any atom is -0.486 e. The van der Waals surface area contributed by atoms with E-state index in [1.807, 2.05) is 42.5 Å². The minimum atomic E-state index is -0.183. The minimum absolute atomic E-state index is 0.183. The highest BCUT2D eigenvalue weighted by Gasteiger charge is 2.13. The number of carbonyl (C=O) groups is 1. The van der Waals surface area contributed by atoms with Crippen LogP contribution in [0.5, 0.6) is 11.5 Å². The standard InChI is InChI=1S/C22H21N3O3/c1-2-15-3-5-17(6-4-15)25-22(26)16-9-10-23-21(13-16)24-18-7-8-19-20(14-18)28-12-11-27-19/h3-10,13-14H,2,11-12H2,1H3,(H,23,24)(H,25,26). The van der Waals surface area contributed by atoms with Gasteiger partial charge in [0.1, 0.15) is 19.0 Å². The SMILES string of the molecule is CCc1ccc(NC(=O)c2ccnc(Nc3ccc4c(c3)OCCO4)c2)cc1. The number of fused-ring (bicyclic) bond motifs is 1. The summed E-state index contributed by atoms with van der Waals surface area (Å²) >= 11 is 0. The molecule has 0 saturated heterocycles. The van der Waals surface area contributed by atoms with Gasteiger partial charge in [-0.3, -0.25) is 4.79 Å². The summed E-state index contributed by atoms with van der Waals surface area (Å²) in [4.78, 5) is 16.9. The van der Waals surface area contributed by atoms with Crippen LogP contribution in [0.4, 0.5) is 17.2 Å². The van der Waals surface area contributed by atoms with Crippen molar-refractivity contribution in [2.24, 2.45) is 0 Å². The van der Waals surface area contributed by atoms with E-state index in [0.29, 0.717) is 30.3 Å². The second-order valence-corrected chi connectivity index (χ2v) is 6.42. The Labute approximate surface area is 163 Å². The Hall–Kier alpha value is -3.54. The molecule has 0 atom stereocenters. The maximum Gasteiger partial charge on any atom is 0.255 e. The summed E-state index contributed by atoms with van der Waals surface area (Å²) < 4.78 is 11.1. The third-order valence-corrected chi connectivity index (χ3v) is 4.46. The van der Waals surface area contributed by atoms with Gasteiger partial charge in [-0.2, -0.15) is 0 Å². The molecule has 0 radical (unpaired) electrons. The first-order valence-corrected chi connectivity index (χ1v) is 9.24. The number of amides is 1. The van der Waals surface area contributed by atoms with Crippen LogP contribution in [0, 0.1) is 0 Å². The van der Waals surface area contributed by atoms with Crippen molar-refractivity contribution in [1.82, 2.24) is 4.98 Å². The number of pyridine rings is 1. The van der Waals surface area contributed by atoms with Gasteiger partial charge in [-0.1, -0.05) is 19.1 Å². The first-order valence-electron chi connectivity index (χ1n) is 9.24. The number of rotatable bonds is 5. The summed E-state index contributed by atoms with van der Waals surface area (Å²) in [6.07, 6.45) is 2.57. The molecule has 2 heterocycles. The number of aromatic nitrogens is 1. The largest absolute Gasteiger partial charge is 0.486 e. The lowest BCUT2D eigenvalue weighted by atomic mass is 10.1. The Balaban J connectivity index is 1.47. The van der Waals surface area contributed by atoms with E-state index in [0.717, 1.165) is 23.5 Å². The monoisotopic (exact) mass is 375 g/mol. The van der Waals surface area contributed by atoms with Gasteiger partial charge in [0.2, 0.25) is 0 Å². The summed E-state index contributed by atoms with van der Waals surface area (Å²) in [6.45, 7) is 3.18. The van der Waals surface area contributed by atoms with Gasteiger partial charge in [0.25, 0.3) is 5.91 Å². The molecule has 0 aliphatic carbocycles. The second-order valence-electron chi connectivity index (χ2n) is 6.42. The Kier molecular flexibility index (Phi) is 5.10. The van der Waals surface area contributed by atoms with Crippen molar-refractivity contribution in [2.45, 2.75) is 13.3 Å². The number of aryl methyl sites for hydroxylation is 1. The van der Waals surface area contributed by atoms with E-state index in [1.54, 1.807) is 18.3 Å². The van der Waals surface area contributed by atoms with Crippen LogP contribution in [0.2, 0.25) is 0 Å². The van der Waals surface area contributed by atoms with Crippen LogP contribution < -0.4 is 20.1 Å². The van der Waals surface area contributed by atoms with E-state index in [4.69, 9.17) is 9.47 Å². The van der Waals surface area contributed by atoms with Crippen LogP contribution in [0.3, 0.4) is 0 Å². The molecule has 0 saturated carbocycles. The van der Waals surface area contributed by atoms with Gasteiger partial charge in [-0.05, 0) is 48.4 Å². The third kappa shape index (κ3) is 4.06. The number of nitrogens with one attached hydrogen (secondary N) is 2.